The van der Waals surface area contributed by atoms with Crippen molar-refractivity contribution in [2.24, 2.45) is 0 Å². The first-order chi connectivity index (χ1) is 19.5. The molecule has 1 N–H and O–H groups in total. The molecule has 3 aromatic heterocycles. The minimum Gasteiger partial charge on any atom is -0.372 e. The Morgan fingerprint density at radius 1 is 0.525 bits per heavy atom. The van der Waals surface area contributed by atoms with Crippen molar-refractivity contribution in [3.8, 4) is 0 Å². The topological polar surface area (TPSA) is 63.8 Å². The van der Waals surface area contributed by atoms with Crippen molar-refractivity contribution < 1.29 is 5.11 Å². The largest absolute Gasteiger partial charge is 0.372 e. The number of pyridine rings is 2. The minimum atomic E-state index is -1.66. The first kappa shape index (κ1) is 25.4. The number of aryl methyl sites for hydroxylation is 2. The zero-order chi connectivity index (χ0) is 27.6. The van der Waals surface area contributed by atoms with Crippen molar-refractivity contribution in [3.63, 3.8) is 0 Å². The van der Waals surface area contributed by atoms with E-state index >= 15 is 0 Å². The maximum atomic E-state index is 12.5. The van der Waals surface area contributed by atoms with Crippen molar-refractivity contribution in [2.45, 2.75) is 25.0 Å². The van der Waals surface area contributed by atoms with E-state index in [2.05, 4.69) is 87.3 Å². The zero-order valence-electron chi connectivity index (χ0n) is 22.5. The molecule has 0 saturated heterocycles. The third-order valence-electron chi connectivity index (χ3n) is 7.48. The van der Waals surface area contributed by atoms with Gasteiger partial charge >= 0.3 is 0 Å². The highest BCUT2D eigenvalue weighted by atomic mass is 16.3. The fraction of sp³-hybridized carbons (Fsp3) is 0.114. The third-order valence-corrected chi connectivity index (χ3v) is 7.48. The van der Waals surface area contributed by atoms with E-state index in [-0.39, 0.29) is 0 Å². The second-order valence-electron chi connectivity index (χ2n) is 10.1. The molecule has 0 unspecified atom stereocenters. The third kappa shape index (κ3) is 4.21. The molecule has 0 bridgehead atoms. The van der Waals surface area contributed by atoms with E-state index in [1.165, 1.54) is 0 Å². The van der Waals surface area contributed by atoms with Gasteiger partial charge in [0.15, 0.2) is 5.60 Å². The molecular formula is C35H30N4O. The van der Waals surface area contributed by atoms with E-state index in [1.54, 1.807) is 18.7 Å². The lowest BCUT2D eigenvalue weighted by molar-refractivity contribution is 0.111. The molecule has 196 valence electrons. The van der Waals surface area contributed by atoms with Crippen LogP contribution in [0.25, 0.3) is 0 Å². The van der Waals surface area contributed by atoms with Gasteiger partial charge in [-0.1, -0.05) is 103 Å². The molecule has 0 spiro atoms. The molecule has 0 saturated carbocycles. The summed E-state index contributed by atoms with van der Waals surface area (Å²) >= 11 is 0. The van der Waals surface area contributed by atoms with Gasteiger partial charge in [0.2, 0.25) is 0 Å². The second kappa shape index (κ2) is 10.4. The normalized spacial score (nSPS) is 11.9. The van der Waals surface area contributed by atoms with Gasteiger partial charge in [-0.25, -0.2) is 4.98 Å². The molecule has 0 aliphatic rings. The monoisotopic (exact) mass is 522 g/mol. The van der Waals surface area contributed by atoms with Gasteiger partial charge in [-0.15, -0.1) is 0 Å². The van der Waals surface area contributed by atoms with E-state index in [1.807, 2.05) is 62.5 Å². The first-order valence-electron chi connectivity index (χ1n) is 13.3. The SMILES string of the molecule is Cc1ccc(C(O)(c2ccc(C)cn2)c2cn(C(c3ccccc3)(c3ccccc3)c3ccccc3)cn2)nc1. The van der Waals surface area contributed by atoms with Gasteiger partial charge in [-0.05, 0) is 53.8 Å². The molecule has 5 nitrogen and oxygen atoms in total. The van der Waals surface area contributed by atoms with Crippen molar-refractivity contribution in [3.05, 3.63) is 185 Å². The predicted octanol–water partition coefficient (Wildman–Crippen LogP) is 6.41. The second-order valence-corrected chi connectivity index (χ2v) is 10.1. The summed E-state index contributed by atoms with van der Waals surface area (Å²) in [6.07, 6.45) is 7.24. The summed E-state index contributed by atoms with van der Waals surface area (Å²) in [5.74, 6) is 0. The molecule has 5 heteroatoms. The van der Waals surface area contributed by atoms with E-state index < -0.39 is 11.1 Å². The summed E-state index contributed by atoms with van der Waals surface area (Å²) < 4.78 is 2.09. The molecule has 0 amide bonds. The smallest absolute Gasteiger partial charge is 0.192 e. The molecular weight excluding hydrogens is 492 g/mol. The molecule has 6 aromatic rings. The molecule has 40 heavy (non-hydrogen) atoms. The molecule has 0 radical (unpaired) electrons. The number of rotatable bonds is 7. The van der Waals surface area contributed by atoms with Gasteiger partial charge in [-0.3, -0.25) is 9.97 Å². The number of hydrogen-bond acceptors (Lipinski definition) is 4. The van der Waals surface area contributed by atoms with Crippen LogP contribution in [-0.4, -0.2) is 24.6 Å². The average molecular weight is 523 g/mol. The first-order valence-corrected chi connectivity index (χ1v) is 13.3. The van der Waals surface area contributed by atoms with Crippen LogP contribution in [-0.2, 0) is 11.1 Å². The summed E-state index contributed by atoms with van der Waals surface area (Å²) in [5.41, 5.74) is 4.17. The Balaban J connectivity index is 1.64. The van der Waals surface area contributed by atoms with Crippen LogP contribution in [0.3, 0.4) is 0 Å². The number of aromatic nitrogens is 4. The van der Waals surface area contributed by atoms with Crippen LogP contribution in [0.15, 0.2) is 140 Å². The Kier molecular flexibility index (Phi) is 6.58. The average Bonchev–Trinajstić information content (AvgIpc) is 3.51. The Morgan fingerprint density at radius 3 is 1.32 bits per heavy atom. The van der Waals surface area contributed by atoms with Crippen LogP contribution >= 0.6 is 0 Å². The van der Waals surface area contributed by atoms with E-state index in [9.17, 15) is 5.11 Å². The van der Waals surface area contributed by atoms with Crippen LogP contribution in [0.2, 0.25) is 0 Å². The Labute approximate surface area is 234 Å². The minimum absolute atomic E-state index is 0.437. The standard InChI is InChI=1S/C35H30N4O/c1-26-18-20-31(36-22-26)35(40,32-21-19-27(2)23-37-32)33-24-39(25-38-33)34(28-12-6-3-7-13-28,29-14-8-4-9-15-29)30-16-10-5-11-17-30/h3-25,40H,1-2H3. The number of imidazole rings is 1. The molecule has 0 aliphatic heterocycles. The van der Waals surface area contributed by atoms with Gasteiger partial charge in [0, 0.05) is 18.6 Å². The van der Waals surface area contributed by atoms with Gasteiger partial charge in [0.1, 0.15) is 11.2 Å². The number of hydrogen-bond donors (Lipinski definition) is 1. The van der Waals surface area contributed by atoms with Crippen molar-refractivity contribution in [2.75, 3.05) is 0 Å². The van der Waals surface area contributed by atoms with E-state index in [4.69, 9.17) is 4.98 Å². The highest BCUT2D eigenvalue weighted by molar-refractivity contribution is 5.51. The molecule has 0 fully saturated rings. The zero-order valence-corrected chi connectivity index (χ0v) is 22.5. The molecule has 3 aromatic carbocycles. The fourth-order valence-corrected chi connectivity index (χ4v) is 5.44. The summed E-state index contributed by atoms with van der Waals surface area (Å²) in [6.45, 7) is 3.95. The Hall–Kier alpha value is -4.87. The molecule has 3 heterocycles. The summed E-state index contributed by atoms with van der Waals surface area (Å²) in [7, 11) is 0. The quantitative estimate of drug-likeness (QED) is 0.246. The fourth-order valence-electron chi connectivity index (χ4n) is 5.44. The maximum Gasteiger partial charge on any atom is 0.192 e. The molecule has 0 aliphatic carbocycles. The van der Waals surface area contributed by atoms with Crippen molar-refractivity contribution in [1.29, 1.82) is 0 Å². The van der Waals surface area contributed by atoms with Crippen LogP contribution in [0.1, 0.15) is 44.9 Å². The lowest BCUT2D eigenvalue weighted by Gasteiger charge is -2.37. The highest BCUT2D eigenvalue weighted by Crippen LogP contribution is 2.42. The van der Waals surface area contributed by atoms with Gasteiger partial charge in [0.25, 0.3) is 0 Å². The van der Waals surface area contributed by atoms with Gasteiger partial charge in [0.05, 0.1) is 17.7 Å². The predicted molar refractivity (Wildman–Crippen MR) is 157 cm³/mol. The Morgan fingerprint density at radius 2 is 0.950 bits per heavy atom. The maximum absolute atomic E-state index is 12.5. The molecule has 6 rings (SSSR count). The number of benzene rings is 3. The summed E-state index contributed by atoms with van der Waals surface area (Å²) in [5, 5.41) is 12.5. The van der Waals surface area contributed by atoms with Gasteiger partial charge < -0.3 is 9.67 Å². The van der Waals surface area contributed by atoms with E-state index in [0.29, 0.717) is 17.1 Å². The van der Waals surface area contributed by atoms with Crippen molar-refractivity contribution in [1.82, 2.24) is 19.5 Å². The van der Waals surface area contributed by atoms with E-state index in [0.717, 1.165) is 27.8 Å². The van der Waals surface area contributed by atoms with Crippen LogP contribution < -0.4 is 0 Å². The lowest BCUT2D eigenvalue weighted by Crippen LogP contribution is -2.37. The van der Waals surface area contributed by atoms with Gasteiger partial charge in [-0.2, -0.15) is 0 Å². The summed E-state index contributed by atoms with van der Waals surface area (Å²) in [4.78, 5) is 14.1. The number of aliphatic hydroxyl groups is 1. The van der Waals surface area contributed by atoms with Crippen LogP contribution in [0, 0.1) is 13.8 Å². The summed E-state index contributed by atoms with van der Waals surface area (Å²) in [6, 6.07) is 38.8. The Bertz CT molecular complexity index is 1550. The molecule has 0 atom stereocenters. The highest BCUT2D eigenvalue weighted by Gasteiger charge is 2.43. The van der Waals surface area contributed by atoms with Crippen molar-refractivity contribution >= 4 is 0 Å². The number of nitrogens with zero attached hydrogens (tertiary/aromatic N) is 4. The lowest BCUT2D eigenvalue weighted by atomic mass is 9.76. The van der Waals surface area contributed by atoms with Crippen LogP contribution in [0.4, 0.5) is 0 Å². The van der Waals surface area contributed by atoms with Crippen LogP contribution in [0.5, 0.6) is 0 Å².